The minimum atomic E-state index is -1.62. The fourth-order valence-corrected chi connectivity index (χ4v) is 2.94. The number of fused-ring (bicyclic) bond motifs is 1. The van der Waals surface area contributed by atoms with E-state index in [4.69, 9.17) is 23.2 Å². The maximum atomic E-state index is 14.2. The number of rotatable bonds is 2. The topological polar surface area (TPSA) is 59.3 Å². The highest BCUT2D eigenvalue weighted by Crippen LogP contribution is 2.32. The molecule has 9 heteroatoms. The number of benzene rings is 2. The SMILES string of the molecule is O=C(O)c1cn(-c2ccc(F)cc2F)c2cc(Cl)c(F)c(Cl)c2c1=O. The quantitative estimate of drug-likeness (QED) is 0.662. The molecule has 0 bridgehead atoms. The van der Waals surface area contributed by atoms with E-state index < -0.39 is 49.8 Å². The molecule has 0 amide bonds. The van der Waals surface area contributed by atoms with Crippen molar-refractivity contribution in [2.45, 2.75) is 0 Å². The molecule has 2 aromatic carbocycles. The number of pyridine rings is 1. The van der Waals surface area contributed by atoms with Crippen LogP contribution in [0.15, 0.2) is 35.3 Å². The van der Waals surface area contributed by atoms with Crippen LogP contribution in [0.1, 0.15) is 10.4 Å². The maximum absolute atomic E-state index is 14.2. The highest BCUT2D eigenvalue weighted by Gasteiger charge is 2.22. The Morgan fingerprint density at radius 3 is 2.40 bits per heavy atom. The first-order valence-electron chi connectivity index (χ1n) is 6.64. The van der Waals surface area contributed by atoms with Gasteiger partial charge in [-0.25, -0.2) is 18.0 Å². The van der Waals surface area contributed by atoms with Crippen molar-refractivity contribution in [3.05, 3.63) is 73.7 Å². The lowest BCUT2D eigenvalue weighted by Crippen LogP contribution is -2.19. The van der Waals surface area contributed by atoms with E-state index in [1.54, 1.807) is 0 Å². The number of aromatic carboxylic acids is 1. The summed E-state index contributed by atoms with van der Waals surface area (Å²) in [5.74, 6) is -4.61. The van der Waals surface area contributed by atoms with Crippen LogP contribution in [0.5, 0.6) is 0 Å². The van der Waals surface area contributed by atoms with Gasteiger partial charge in [0.2, 0.25) is 5.43 Å². The summed E-state index contributed by atoms with van der Waals surface area (Å²) < 4.78 is 42.2. The predicted molar refractivity (Wildman–Crippen MR) is 86.4 cm³/mol. The molecule has 4 nitrogen and oxygen atoms in total. The van der Waals surface area contributed by atoms with Crippen molar-refractivity contribution in [2.75, 3.05) is 0 Å². The molecule has 0 spiro atoms. The molecule has 3 rings (SSSR count). The number of hydrogen-bond acceptors (Lipinski definition) is 2. The van der Waals surface area contributed by atoms with Gasteiger partial charge in [0.05, 0.1) is 26.6 Å². The monoisotopic (exact) mass is 387 g/mol. The van der Waals surface area contributed by atoms with Crippen LogP contribution in [-0.2, 0) is 0 Å². The molecular weight excluding hydrogens is 382 g/mol. The van der Waals surface area contributed by atoms with Crippen LogP contribution in [0.3, 0.4) is 0 Å². The molecule has 1 heterocycles. The van der Waals surface area contributed by atoms with Crippen LogP contribution in [0, 0.1) is 17.5 Å². The van der Waals surface area contributed by atoms with E-state index in [0.29, 0.717) is 6.07 Å². The van der Waals surface area contributed by atoms with Gasteiger partial charge < -0.3 is 9.67 Å². The van der Waals surface area contributed by atoms with Gasteiger partial charge >= 0.3 is 5.97 Å². The highest BCUT2D eigenvalue weighted by molar-refractivity contribution is 6.38. The summed E-state index contributed by atoms with van der Waals surface area (Å²) in [6.45, 7) is 0. The lowest BCUT2D eigenvalue weighted by molar-refractivity contribution is 0.0695. The first-order chi connectivity index (χ1) is 11.7. The van der Waals surface area contributed by atoms with E-state index in [1.165, 1.54) is 0 Å². The average Bonchev–Trinajstić information content (AvgIpc) is 2.53. The number of carboxylic acid groups (broad SMARTS) is 1. The first-order valence-corrected chi connectivity index (χ1v) is 7.39. The van der Waals surface area contributed by atoms with Gasteiger partial charge in [0, 0.05) is 12.3 Å². The van der Waals surface area contributed by atoms with E-state index >= 15 is 0 Å². The lowest BCUT2D eigenvalue weighted by atomic mass is 10.1. The molecule has 3 aromatic rings. The van der Waals surface area contributed by atoms with E-state index in [1.807, 2.05) is 0 Å². The van der Waals surface area contributed by atoms with Crippen LogP contribution < -0.4 is 5.43 Å². The number of carboxylic acids is 1. The van der Waals surface area contributed by atoms with E-state index in [9.17, 15) is 27.9 Å². The summed E-state index contributed by atoms with van der Waals surface area (Å²) in [6.07, 6.45) is 0.841. The number of aromatic nitrogens is 1. The molecule has 0 aliphatic carbocycles. The van der Waals surface area contributed by atoms with Gasteiger partial charge in [-0.1, -0.05) is 23.2 Å². The Balaban J connectivity index is 2.57. The summed E-state index contributed by atoms with van der Waals surface area (Å²) >= 11 is 11.5. The third kappa shape index (κ3) is 2.75. The molecule has 128 valence electrons. The standard InChI is InChI=1S/C16H6Cl2F3NO3/c17-8-4-11-12(13(18)14(8)21)15(23)7(16(24)25)5-22(11)10-2-1-6(19)3-9(10)20/h1-5H,(H,24,25). The molecule has 0 aliphatic heterocycles. The van der Waals surface area contributed by atoms with Crippen molar-refractivity contribution in [1.29, 1.82) is 0 Å². The number of hydrogen-bond donors (Lipinski definition) is 1. The van der Waals surface area contributed by atoms with E-state index in [0.717, 1.165) is 29.0 Å². The van der Waals surface area contributed by atoms with Crippen molar-refractivity contribution in [3.63, 3.8) is 0 Å². The predicted octanol–water partition coefficient (Wildman–Crippen LogP) is 4.41. The minimum absolute atomic E-state index is 0.128. The normalized spacial score (nSPS) is 11.1. The Bertz CT molecular complexity index is 1110. The van der Waals surface area contributed by atoms with Crippen molar-refractivity contribution in [1.82, 2.24) is 4.57 Å². The van der Waals surface area contributed by atoms with Gasteiger partial charge in [0.15, 0.2) is 5.82 Å². The highest BCUT2D eigenvalue weighted by atomic mass is 35.5. The molecule has 0 radical (unpaired) electrons. The van der Waals surface area contributed by atoms with Gasteiger partial charge in [0.25, 0.3) is 0 Å². The van der Waals surface area contributed by atoms with Crippen LogP contribution in [0.2, 0.25) is 10.0 Å². The van der Waals surface area contributed by atoms with E-state index in [2.05, 4.69) is 0 Å². The lowest BCUT2D eigenvalue weighted by Gasteiger charge is -2.15. The number of halogens is 5. The second-order valence-corrected chi connectivity index (χ2v) is 5.81. The van der Waals surface area contributed by atoms with Crippen molar-refractivity contribution in [2.24, 2.45) is 0 Å². The molecule has 0 saturated heterocycles. The number of carbonyl (C=O) groups is 1. The average molecular weight is 388 g/mol. The first kappa shape index (κ1) is 17.3. The molecule has 0 fully saturated rings. The Hall–Kier alpha value is -2.51. The smallest absolute Gasteiger partial charge is 0.341 e. The van der Waals surface area contributed by atoms with Crippen LogP contribution >= 0.6 is 23.2 Å². The zero-order valence-corrected chi connectivity index (χ0v) is 13.5. The molecular formula is C16H6Cl2F3NO3. The summed E-state index contributed by atoms with van der Waals surface area (Å²) in [5, 5.41) is 7.58. The van der Waals surface area contributed by atoms with Gasteiger partial charge in [-0.05, 0) is 18.2 Å². The second-order valence-electron chi connectivity index (χ2n) is 5.02. The Labute approximate surface area is 147 Å². The molecule has 0 aliphatic rings. The molecule has 0 unspecified atom stereocenters. The Kier molecular flexibility index (Phi) is 4.22. The minimum Gasteiger partial charge on any atom is -0.477 e. The summed E-state index contributed by atoms with van der Waals surface area (Å²) in [7, 11) is 0. The van der Waals surface area contributed by atoms with Crippen LogP contribution in [-0.4, -0.2) is 15.6 Å². The van der Waals surface area contributed by atoms with Gasteiger partial charge in [-0.2, -0.15) is 0 Å². The van der Waals surface area contributed by atoms with Crippen LogP contribution in [0.4, 0.5) is 13.2 Å². The molecule has 25 heavy (non-hydrogen) atoms. The van der Waals surface area contributed by atoms with Gasteiger partial charge in [-0.3, -0.25) is 4.79 Å². The third-order valence-corrected chi connectivity index (χ3v) is 4.16. The Morgan fingerprint density at radius 1 is 1.12 bits per heavy atom. The van der Waals surface area contributed by atoms with Crippen molar-refractivity contribution in [3.8, 4) is 5.69 Å². The molecule has 1 N–H and O–H groups in total. The van der Waals surface area contributed by atoms with Crippen LogP contribution in [0.25, 0.3) is 16.6 Å². The third-order valence-electron chi connectivity index (χ3n) is 3.53. The zero-order valence-electron chi connectivity index (χ0n) is 12.0. The number of nitrogens with zero attached hydrogens (tertiary/aromatic N) is 1. The van der Waals surface area contributed by atoms with Gasteiger partial charge in [-0.15, -0.1) is 0 Å². The zero-order chi connectivity index (χ0) is 18.5. The summed E-state index contributed by atoms with van der Waals surface area (Å²) in [5.41, 5.74) is -2.22. The Morgan fingerprint density at radius 2 is 1.80 bits per heavy atom. The maximum Gasteiger partial charge on any atom is 0.341 e. The fraction of sp³-hybridized carbons (Fsp3) is 0. The van der Waals surface area contributed by atoms with Crippen molar-refractivity contribution >= 4 is 40.1 Å². The second kappa shape index (κ2) is 6.09. The molecule has 1 aromatic heterocycles. The largest absolute Gasteiger partial charge is 0.477 e. The molecule has 0 saturated carbocycles. The fourth-order valence-electron chi connectivity index (χ4n) is 2.41. The molecule has 0 atom stereocenters. The van der Waals surface area contributed by atoms with Gasteiger partial charge in [0.1, 0.15) is 17.2 Å². The van der Waals surface area contributed by atoms with E-state index in [-0.39, 0.29) is 11.2 Å². The van der Waals surface area contributed by atoms with Crippen molar-refractivity contribution < 1.29 is 23.1 Å². The summed E-state index contributed by atoms with van der Waals surface area (Å²) in [6, 6.07) is 3.56. The summed E-state index contributed by atoms with van der Waals surface area (Å²) in [4.78, 5) is 23.7.